The minimum Gasteiger partial charge on any atom is -0.342 e. The first-order valence-electron chi connectivity index (χ1n) is 5.60. The van der Waals surface area contributed by atoms with Gasteiger partial charge in [-0.1, -0.05) is 6.92 Å². The molecule has 0 radical (unpaired) electrons. The largest absolute Gasteiger partial charge is 0.342 e. The van der Waals surface area contributed by atoms with E-state index in [2.05, 4.69) is 11.8 Å². The number of carbonyl (C=O) groups excluding carboxylic acids is 1. The van der Waals surface area contributed by atoms with E-state index in [9.17, 15) is 4.79 Å². The Labute approximate surface area is 80.3 Å². The molecule has 1 heterocycles. The van der Waals surface area contributed by atoms with E-state index in [1.54, 1.807) is 0 Å². The van der Waals surface area contributed by atoms with Crippen molar-refractivity contribution in [2.45, 2.75) is 39.0 Å². The summed E-state index contributed by atoms with van der Waals surface area (Å²) < 4.78 is 0. The van der Waals surface area contributed by atoms with E-state index in [0.29, 0.717) is 11.8 Å². The van der Waals surface area contributed by atoms with Crippen LogP contribution in [0.5, 0.6) is 0 Å². The summed E-state index contributed by atoms with van der Waals surface area (Å²) >= 11 is 0. The lowest BCUT2D eigenvalue weighted by atomic mass is 9.94. The first-order valence-corrected chi connectivity index (χ1v) is 5.60. The van der Waals surface area contributed by atoms with Gasteiger partial charge in [-0.15, -0.1) is 0 Å². The first kappa shape index (κ1) is 9.04. The Kier molecular flexibility index (Phi) is 2.56. The molecule has 2 fully saturated rings. The molecule has 13 heavy (non-hydrogen) atoms. The predicted octanol–water partition coefficient (Wildman–Crippen LogP) is 2.04. The third-order valence-corrected chi connectivity index (χ3v) is 3.31. The summed E-state index contributed by atoms with van der Waals surface area (Å²) in [6.45, 7) is 4.20. The Hall–Kier alpha value is -0.530. The van der Waals surface area contributed by atoms with Crippen LogP contribution >= 0.6 is 0 Å². The van der Waals surface area contributed by atoms with Crippen LogP contribution in [0.25, 0.3) is 0 Å². The molecule has 0 aromatic carbocycles. The second kappa shape index (κ2) is 3.69. The van der Waals surface area contributed by atoms with E-state index in [0.717, 1.165) is 31.8 Å². The summed E-state index contributed by atoms with van der Waals surface area (Å²) in [5.41, 5.74) is 0. The van der Waals surface area contributed by atoms with Crippen LogP contribution in [0.2, 0.25) is 0 Å². The molecule has 1 unspecified atom stereocenters. The monoisotopic (exact) mass is 181 g/mol. The maximum atomic E-state index is 11.8. The highest BCUT2D eigenvalue weighted by molar-refractivity contribution is 5.79. The molecule has 1 saturated carbocycles. The lowest BCUT2D eigenvalue weighted by molar-refractivity contribution is -0.138. The van der Waals surface area contributed by atoms with Gasteiger partial charge in [0.1, 0.15) is 0 Å². The number of likely N-dealkylation sites (tertiary alicyclic amines) is 1. The minimum absolute atomic E-state index is 0.340. The van der Waals surface area contributed by atoms with Crippen molar-refractivity contribution in [3.63, 3.8) is 0 Å². The number of piperidine rings is 1. The van der Waals surface area contributed by atoms with Gasteiger partial charge in [-0.05, 0) is 38.0 Å². The van der Waals surface area contributed by atoms with E-state index in [-0.39, 0.29) is 0 Å². The van der Waals surface area contributed by atoms with Crippen LogP contribution in [0, 0.1) is 11.8 Å². The average Bonchev–Trinajstić information content (AvgIpc) is 2.92. The summed E-state index contributed by atoms with van der Waals surface area (Å²) in [6, 6.07) is 0. The van der Waals surface area contributed by atoms with E-state index >= 15 is 0 Å². The Bertz CT molecular complexity index is 198. The highest BCUT2D eigenvalue weighted by Crippen LogP contribution is 2.31. The van der Waals surface area contributed by atoms with Crippen LogP contribution in [0.15, 0.2) is 0 Å². The van der Waals surface area contributed by atoms with Crippen molar-refractivity contribution < 1.29 is 4.79 Å². The molecule has 0 aromatic rings. The van der Waals surface area contributed by atoms with Gasteiger partial charge >= 0.3 is 0 Å². The van der Waals surface area contributed by atoms with Gasteiger partial charge in [0.15, 0.2) is 0 Å². The highest BCUT2D eigenvalue weighted by atomic mass is 16.2. The molecule has 74 valence electrons. The summed E-state index contributed by atoms with van der Waals surface area (Å²) in [7, 11) is 0. The standard InChI is InChI=1S/C11H19NO/c1-2-10-4-3-7-12(11(10)13)8-9-5-6-9/h9-10H,2-8H2,1H3. The zero-order chi connectivity index (χ0) is 9.26. The van der Waals surface area contributed by atoms with Crippen LogP contribution in [-0.4, -0.2) is 23.9 Å². The Morgan fingerprint density at radius 1 is 1.38 bits per heavy atom. The van der Waals surface area contributed by atoms with E-state index in [1.807, 2.05) is 0 Å². The van der Waals surface area contributed by atoms with Gasteiger partial charge in [0, 0.05) is 19.0 Å². The highest BCUT2D eigenvalue weighted by Gasteiger charge is 2.31. The Morgan fingerprint density at radius 2 is 2.15 bits per heavy atom. The van der Waals surface area contributed by atoms with Gasteiger partial charge in [0.25, 0.3) is 0 Å². The van der Waals surface area contributed by atoms with Crippen LogP contribution in [0.4, 0.5) is 0 Å². The molecule has 2 rings (SSSR count). The molecule has 0 aromatic heterocycles. The van der Waals surface area contributed by atoms with Gasteiger partial charge in [-0.2, -0.15) is 0 Å². The quantitative estimate of drug-likeness (QED) is 0.652. The number of hydrogen-bond donors (Lipinski definition) is 0. The number of amides is 1. The van der Waals surface area contributed by atoms with E-state index in [4.69, 9.17) is 0 Å². The summed E-state index contributed by atoms with van der Waals surface area (Å²) in [6.07, 6.45) is 6.06. The molecule has 1 atom stereocenters. The number of carbonyl (C=O) groups is 1. The lowest BCUT2D eigenvalue weighted by Crippen LogP contribution is -2.42. The van der Waals surface area contributed by atoms with E-state index in [1.165, 1.54) is 19.3 Å². The maximum absolute atomic E-state index is 11.8. The molecule has 1 saturated heterocycles. The van der Waals surface area contributed by atoms with Gasteiger partial charge < -0.3 is 4.90 Å². The summed E-state index contributed by atoms with van der Waals surface area (Å²) in [5.74, 6) is 1.62. The third kappa shape index (κ3) is 2.04. The van der Waals surface area contributed by atoms with Gasteiger partial charge in [0.05, 0.1) is 0 Å². The summed E-state index contributed by atoms with van der Waals surface area (Å²) in [4.78, 5) is 14.0. The molecule has 0 spiro atoms. The fraction of sp³-hybridized carbons (Fsp3) is 0.909. The fourth-order valence-electron chi connectivity index (χ4n) is 2.19. The van der Waals surface area contributed by atoms with Crippen molar-refractivity contribution in [2.24, 2.45) is 11.8 Å². The molecule has 1 aliphatic carbocycles. The molecule has 0 N–H and O–H groups in total. The van der Waals surface area contributed by atoms with Crippen LogP contribution in [0.3, 0.4) is 0 Å². The third-order valence-electron chi connectivity index (χ3n) is 3.31. The molecule has 1 aliphatic heterocycles. The predicted molar refractivity (Wildman–Crippen MR) is 52.3 cm³/mol. The molecular weight excluding hydrogens is 162 g/mol. The van der Waals surface area contributed by atoms with Crippen molar-refractivity contribution in [1.82, 2.24) is 4.90 Å². The zero-order valence-electron chi connectivity index (χ0n) is 8.46. The van der Waals surface area contributed by atoms with E-state index < -0.39 is 0 Å². The average molecular weight is 181 g/mol. The van der Waals surface area contributed by atoms with Crippen LogP contribution in [0.1, 0.15) is 39.0 Å². The number of rotatable bonds is 3. The van der Waals surface area contributed by atoms with Gasteiger partial charge in [-0.25, -0.2) is 0 Å². The first-order chi connectivity index (χ1) is 6.31. The minimum atomic E-state index is 0.340. The molecule has 2 heteroatoms. The summed E-state index contributed by atoms with van der Waals surface area (Å²) in [5, 5.41) is 0. The van der Waals surface area contributed by atoms with Gasteiger partial charge in [-0.3, -0.25) is 4.79 Å². The zero-order valence-corrected chi connectivity index (χ0v) is 8.46. The van der Waals surface area contributed by atoms with Crippen molar-refractivity contribution in [2.75, 3.05) is 13.1 Å². The smallest absolute Gasteiger partial charge is 0.225 e. The second-order valence-electron chi connectivity index (χ2n) is 4.48. The van der Waals surface area contributed by atoms with Crippen molar-refractivity contribution in [1.29, 1.82) is 0 Å². The molecular formula is C11H19NO. The molecule has 2 nitrogen and oxygen atoms in total. The topological polar surface area (TPSA) is 20.3 Å². The normalized spacial score (nSPS) is 29.5. The van der Waals surface area contributed by atoms with Crippen molar-refractivity contribution in [3.05, 3.63) is 0 Å². The Balaban J connectivity index is 1.89. The fourth-order valence-corrected chi connectivity index (χ4v) is 2.19. The molecule has 1 amide bonds. The molecule has 2 aliphatic rings. The van der Waals surface area contributed by atoms with Crippen LogP contribution in [-0.2, 0) is 4.79 Å². The number of hydrogen-bond acceptors (Lipinski definition) is 1. The van der Waals surface area contributed by atoms with Crippen molar-refractivity contribution >= 4 is 5.91 Å². The van der Waals surface area contributed by atoms with Crippen LogP contribution < -0.4 is 0 Å². The second-order valence-corrected chi connectivity index (χ2v) is 4.48. The number of nitrogens with zero attached hydrogens (tertiary/aromatic N) is 1. The Morgan fingerprint density at radius 3 is 2.77 bits per heavy atom. The molecule has 0 bridgehead atoms. The van der Waals surface area contributed by atoms with Crippen molar-refractivity contribution in [3.8, 4) is 0 Å². The SMILES string of the molecule is CCC1CCCN(CC2CC2)C1=O. The maximum Gasteiger partial charge on any atom is 0.225 e. The van der Waals surface area contributed by atoms with Gasteiger partial charge in [0.2, 0.25) is 5.91 Å². The lowest BCUT2D eigenvalue weighted by Gasteiger charge is -2.31.